The van der Waals surface area contributed by atoms with Crippen molar-refractivity contribution in [3.8, 4) is 0 Å². The molecule has 0 spiro atoms. The highest BCUT2D eigenvalue weighted by Crippen LogP contribution is 2.29. The minimum atomic E-state index is -0.441. The third kappa shape index (κ3) is 3.48. The fraction of sp³-hybridized carbons (Fsp3) is 0.0769. The van der Waals surface area contributed by atoms with Gasteiger partial charge in [-0.15, -0.1) is 0 Å². The van der Waals surface area contributed by atoms with Crippen LogP contribution in [-0.4, -0.2) is 18.1 Å². The summed E-state index contributed by atoms with van der Waals surface area (Å²) in [6.07, 6.45) is 1.72. The summed E-state index contributed by atoms with van der Waals surface area (Å²) in [6, 6.07) is 9.04. The van der Waals surface area contributed by atoms with Gasteiger partial charge in [-0.2, -0.15) is 0 Å². The molecule has 98 valence electrons. The number of methoxy groups -OCH3 is 1. The summed E-state index contributed by atoms with van der Waals surface area (Å²) in [7, 11) is 1.33. The normalized spacial score (nSPS) is 10.2. The van der Waals surface area contributed by atoms with E-state index in [0.717, 1.165) is 14.4 Å². The number of aromatic nitrogens is 1. The Kier molecular flexibility index (Phi) is 4.44. The fourth-order valence-electron chi connectivity index (χ4n) is 1.43. The average molecular weight is 339 g/mol. The Morgan fingerprint density at radius 2 is 2.16 bits per heavy atom. The predicted molar refractivity (Wildman–Crippen MR) is 78.3 cm³/mol. The van der Waals surface area contributed by atoms with Gasteiger partial charge in [-0.3, -0.25) is 0 Å². The lowest BCUT2D eigenvalue weighted by molar-refractivity contribution is 0.0601. The van der Waals surface area contributed by atoms with Crippen LogP contribution < -0.4 is 5.73 Å². The molecule has 19 heavy (non-hydrogen) atoms. The molecule has 0 saturated carbocycles. The molecule has 0 radical (unpaired) electrons. The maximum Gasteiger partial charge on any atom is 0.339 e. The lowest BCUT2D eigenvalue weighted by Gasteiger charge is -2.06. The molecule has 1 aromatic heterocycles. The summed E-state index contributed by atoms with van der Waals surface area (Å²) >= 11 is 4.78. The molecule has 0 aliphatic carbocycles. The van der Waals surface area contributed by atoms with Crippen molar-refractivity contribution in [3.63, 3.8) is 0 Å². The van der Waals surface area contributed by atoms with E-state index in [0.29, 0.717) is 11.3 Å². The van der Waals surface area contributed by atoms with E-state index in [1.165, 1.54) is 18.9 Å². The molecule has 0 atom stereocenters. The third-order valence-corrected chi connectivity index (χ3v) is 3.76. The largest absolute Gasteiger partial charge is 0.465 e. The average Bonchev–Trinajstić information content (AvgIpc) is 2.42. The highest BCUT2D eigenvalue weighted by Gasteiger charge is 2.11. The highest BCUT2D eigenvalue weighted by atomic mass is 79.9. The number of rotatable bonds is 3. The number of esters is 1. The van der Waals surface area contributed by atoms with E-state index in [9.17, 15) is 4.79 Å². The zero-order chi connectivity index (χ0) is 13.8. The van der Waals surface area contributed by atoms with Crippen molar-refractivity contribution in [2.75, 3.05) is 12.8 Å². The quantitative estimate of drug-likeness (QED) is 0.686. The van der Waals surface area contributed by atoms with Crippen LogP contribution in [0.2, 0.25) is 0 Å². The van der Waals surface area contributed by atoms with Crippen LogP contribution in [-0.2, 0) is 4.74 Å². The Labute approximate surface area is 123 Å². The number of hydrogen-bond donors (Lipinski definition) is 1. The summed E-state index contributed by atoms with van der Waals surface area (Å²) in [4.78, 5) is 16.7. The molecule has 0 unspecified atom stereocenters. The molecule has 0 saturated heterocycles. The number of anilines is 1. The SMILES string of the molecule is COC(=O)c1cc(Sc2ccc(Br)cn2)ccc1N. The number of nitrogens with two attached hydrogens (primary N) is 1. The van der Waals surface area contributed by atoms with E-state index in [4.69, 9.17) is 5.73 Å². The van der Waals surface area contributed by atoms with Crippen LogP contribution in [0, 0.1) is 0 Å². The minimum absolute atomic E-state index is 0.365. The molecular weight excluding hydrogens is 328 g/mol. The van der Waals surface area contributed by atoms with E-state index in [-0.39, 0.29) is 0 Å². The zero-order valence-electron chi connectivity index (χ0n) is 10.1. The van der Waals surface area contributed by atoms with Crippen LogP contribution in [0.15, 0.2) is 50.9 Å². The number of carbonyl (C=O) groups is 1. The second kappa shape index (κ2) is 6.08. The molecule has 1 aromatic carbocycles. The van der Waals surface area contributed by atoms with Crippen LogP contribution in [0.3, 0.4) is 0 Å². The lowest BCUT2D eigenvalue weighted by Crippen LogP contribution is -2.05. The number of ether oxygens (including phenoxy) is 1. The Hall–Kier alpha value is -1.53. The van der Waals surface area contributed by atoms with E-state index >= 15 is 0 Å². The predicted octanol–water partition coefficient (Wildman–Crippen LogP) is 3.36. The molecule has 0 bridgehead atoms. The second-order valence-electron chi connectivity index (χ2n) is 3.66. The first-order valence-corrected chi connectivity index (χ1v) is 6.98. The molecule has 0 amide bonds. The minimum Gasteiger partial charge on any atom is -0.465 e. The van der Waals surface area contributed by atoms with Crippen molar-refractivity contribution in [3.05, 3.63) is 46.6 Å². The van der Waals surface area contributed by atoms with Gasteiger partial charge in [-0.25, -0.2) is 9.78 Å². The molecule has 0 aliphatic rings. The molecule has 1 heterocycles. The second-order valence-corrected chi connectivity index (χ2v) is 5.67. The number of pyridine rings is 1. The van der Waals surface area contributed by atoms with Gasteiger partial charge in [0.15, 0.2) is 0 Å². The highest BCUT2D eigenvalue weighted by molar-refractivity contribution is 9.10. The van der Waals surface area contributed by atoms with Gasteiger partial charge >= 0.3 is 5.97 Å². The summed E-state index contributed by atoms with van der Waals surface area (Å²) in [5.74, 6) is -0.441. The molecule has 0 fully saturated rings. The zero-order valence-corrected chi connectivity index (χ0v) is 12.5. The van der Waals surface area contributed by atoms with Crippen molar-refractivity contribution in [1.29, 1.82) is 0 Å². The first-order chi connectivity index (χ1) is 9.10. The van der Waals surface area contributed by atoms with Crippen molar-refractivity contribution in [1.82, 2.24) is 4.98 Å². The number of nitrogens with zero attached hydrogens (tertiary/aromatic N) is 1. The van der Waals surface area contributed by atoms with Crippen LogP contribution in [0.5, 0.6) is 0 Å². The Bertz CT molecular complexity index is 602. The van der Waals surface area contributed by atoms with Gasteiger partial charge in [0, 0.05) is 21.3 Å². The number of benzene rings is 1. The Balaban J connectivity index is 2.26. The number of hydrogen-bond acceptors (Lipinski definition) is 5. The van der Waals surface area contributed by atoms with Gasteiger partial charge in [-0.05, 0) is 46.3 Å². The van der Waals surface area contributed by atoms with Gasteiger partial charge < -0.3 is 10.5 Å². The van der Waals surface area contributed by atoms with Gasteiger partial charge in [0.1, 0.15) is 5.03 Å². The summed E-state index contributed by atoms with van der Waals surface area (Å²) < 4.78 is 5.61. The first-order valence-electron chi connectivity index (χ1n) is 5.37. The van der Waals surface area contributed by atoms with Crippen molar-refractivity contribution in [2.24, 2.45) is 0 Å². The van der Waals surface area contributed by atoms with E-state index in [2.05, 4.69) is 25.7 Å². The maximum atomic E-state index is 11.6. The van der Waals surface area contributed by atoms with Crippen LogP contribution in [0.1, 0.15) is 10.4 Å². The van der Waals surface area contributed by atoms with E-state index in [1.54, 1.807) is 18.3 Å². The fourth-order valence-corrected chi connectivity index (χ4v) is 2.46. The molecule has 2 rings (SSSR count). The van der Waals surface area contributed by atoms with E-state index in [1.807, 2.05) is 18.2 Å². The van der Waals surface area contributed by atoms with Crippen LogP contribution in [0.4, 0.5) is 5.69 Å². The third-order valence-electron chi connectivity index (χ3n) is 2.35. The molecular formula is C13H11BrN2O2S. The van der Waals surface area contributed by atoms with Crippen molar-refractivity contribution < 1.29 is 9.53 Å². The molecule has 0 aliphatic heterocycles. The lowest BCUT2D eigenvalue weighted by atomic mass is 10.2. The van der Waals surface area contributed by atoms with Crippen LogP contribution >= 0.6 is 27.7 Å². The Morgan fingerprint density at radius 1 is 1.37 bits per heavy atom. The summed E-state index contributed by atoms with van der Waals surface area (Å²) in [5, 5.41) is 0.837. The standard InChI is InChI=1S/C13H11BrN2O2S/c1-18-13(17)10-6-9(3-4-11(10)15)19-12-5-2-8(14)7-16-12/h2-7H,15H2,1H3. The Morgan fingerprint density at radius 3 is 2.79 bits per heavy atom. The first kappa shape index (κ1) is 13.9. The maximum absolute atomic E-state index is 11.6. The monoisotopic (exact) mass is 338 g/mol. The summed E-state index contributed by atoms with van der Waals surface area (Å²) in [6.45, 7) is 0. The number of halogens is 1. The topological polar surface area (TPSA) is 65.2 Å². The number of carbonyl (C=O) groups excluding carboxylic acids is 1. The van der Waals surface area contributed by atoms with Gasteiger partial charge in [0.05, 0.1) is 12.7 Å². The van der Waals surface area contributed by atoms with Gasteiger partial charge in [-0.1, -0.05) is 11.8 Å². The van der Waals surface area contributed by atoms with Gasteiger partial charge in [0.25, 0.3) is 0 Å². The smallest absolute Gasteiger partial charge is 0.339 e. The van der Waals surface area contributed by atoms with Gasteiger partial charge in [0.2, 0.25) is 0 Å². The molecule has 2 aromatic rings. The number of nitrogen functional groups attached to an aromatic ring is 1. The summed E-state index contributed by atoms with van der Waals surface area (Å²) in [5.41, 5.74) is 6.52. The van der Waals surface area contributed by atoms with Crippen molar-refractivity contribution in [2.45, 2.75) is 9.92 Å². The molecule has 2 N–H and O–H groups in total. The molecule has 6 heteroatoms. The van der Waals surface area contributed by atoms with Crippen molar-refractivity contribution >= 4 is 39.3 Å². The van der Waals surface area contributed by atoms with Crippen LogP contribution in [0.25, 0.3) is 0 Å². The molecule has 4 nitrogen and oxygen atoms in total. The van der Waals surface area contributed by atoms with E-state index < -0.39 is 5.97 Å².